The SMILES string of the molecule is NC1CCC(=O)NC1c1ccc2c(c1)CCO2. The van der Waals surface area contributed by atoms with E-state index in [4.69, 9.17) is 10.5 Å². The van der Waals surface area contributed by atoms with Crippen molar-refractivity contribution in [3.63, 3.8) is 0 Å². The first kappa shape index (κ1) is 10.6. The molecule has 0 radical (unpaired) electrons. The van der Waals surface area contributed by atoms with Crippen molar-refractivity contribution in [1.82, 2.24) is 5.32 Å². The van der Waals surface area contributed by atoms with Gasteiger partial charge in [0, 0.05) is 18.9 Å². The van der Waals surface area contributed by atoms with E-state index in [9.17, 15) is 4.79 Å². The van der Waals surface area contributed by atoms with Crippen molar-refractivity contribution in [2.24, 2.45) is 5.73 Å². The summed E-state index contributed by atoms with van der Waals surface area (Å²) in [5, 5.41) is 2.97. The van der Waals surface area contributed by atoms with Crippen molar-refractivity contribution >= 4 is 5.91 Å². The maximum atomic E-state index is 11.4. The smallest absolute Gasteiger partial charge is 0.220 e. The topological polar surface area (TPSA) is 64.4 Å². The van der Waals surface area contributed by atoms with Crippen LogP contribution in [0.3, 0.4) is 0 Å². The number of nitrogens with one attached hydrogen (secondary N) is 1. The average Bonchev–Trinajstić information content (AvgIpc) is 2.79. The Morgan fingerprint density at radius 2 is 2.24 bits per heavy atom. The summed E-state index contributed by atoms with van der Waals surface area (Å²) >= 11 is 0. The van der Waals surface area contributed by atoms with Crippen LogP contribution in [0.1, 0.15) is 30.0 Å². The van der Waals surface area contributed by atoms with E-state index < -0.39 is 0 Å². The van der Waals surface area contributed by atoms with Gasteiger partial charge in [-0.2, -0.15) is 0 Å². The molecule has 0 aliphatic carbocycles. The van der Waals surface area contributed by atoms with Crippen LogP contribution in [0.2, 0.25) is 0 Å². The van der Waals surface area contributed by atoms with Crippen molar-refractivity contribution in [3.05, 3.63) is 29.3 Å². The molecule has 1 aromatic carbocycles. The largest absolute Gasteiger partial charge is 0.493 e. The van der Waals surface area contributed by atoms with Gasteiger partial charge in [-0.1, -0.05) is 6.07 Å². The molecule has 1 amide bonds. The number of hydrogen-bond acceptors (Lipinski definition) is 3. The molecule has 2 aliphatic heterocycles. The van der Waals surface area contributed by atoms with E-state index in [1.54, 1.807) is 0 Å². The fraction of sp³-hybridized carbons (Fsp3) is 0.462. The van der Waals surface area contributed by atoms with E-state index in [2.05, 4.69) is 11.4 Å². The van der Waals surface area contributed by atoms with E-state index in [-0.39, 0.29) is 18.0 Å². The lowest BCUT2D eigenvalue weighted by Gasteiger charge is -2.30. The fourth-order valence-corrected chi connectivity index (χ4v) is 2.55. The highest BCUT2D eigenvalue weighted by Crippen LogP contribution is 2.30. The highest BCUT2D eigenvalue weighted by Gasteiger charge is 2.28. The molecule has 4 heteroatoms. The zero-order chi connectivity index (χ0) is 11.8. The van der Waals surface area contributed by atoms with Gasteiger partial charge in [-0.3, -0.25) is 4.79 Å². The number of nitrogens with two attached hydrogens (primary N) is 1. The van der Waals surface area contributed by atoms with Crippen LogP contribution in [0.5, 0.6) is 5.75 Å². The summed E-state index contributed by atoms with van der Waals surface area (Å²) in [6, 6.07) is 6.04. The summed E-state index contributed by atoms with van der Waals surface area (Å²) < 4.78 is 5.47. The average molecular weight is 232 g/mol. The third-order valence-corrected chi connectivity index (χ3v) is 3.52. The molecule has 0 aromatic heterocycles. The van der Waals surface area contributed by atoms with Crippen molar-refractivity contribution in [2.45, 2.75) is 31.3 Å². The Hall–Kier alpha value is -1.55. The van der Waals surface area contributed by atoms with Crippen molar-refractivity contribution < 1.29 is 9.53 Å². The lowest BCUT2D eigenvalue weighted by Crippen LogP contribution is -2.45. The van der Waals surface area contributed by atoms with Crippen LogP contribution in [0.15, 0.2) is 18.2 Å². The molecule has 4 nitrogen and oxygen atoms in total. The third kappa shape index (κ3) is 1.89. The Bertz CT molecular complexity index is 459. The van der Waals surface area contributed by atoms with Crippen molar-refractivity contribution in [3.8, 4) is 5.75 Å². The predicted octanol–water partition coefficient (Wildman–Crippen LogP) is 0.900. The molecule has 1 fully saturated rings. The quantitative estimate of drug-likeness (QED) is 0.756. The van der Waals surface area contributed by atoms with Gasteiger partial charge in [0.15, 0.2) is 0 Å². The van der Waals surface area contributed by atoms with Crippen molar-refractivity contribution in [1.29, 1.82) is 0 Å². The molecule has 2 unspecified atom stereocenters. The summed E-state index contributed by atoms with van der Waals surface area (Å²) in [7, 11) is 0. The van der Waals surface area contributed by atoms with Gasteiger partial charge in [0.1, 0.15) is 5.75 Å². The van der Waals surface area contributed by atoms with E-state index >= 15 is 0 Å². The molecular weight excluding hydrogens is 216 g/mol. The number of carbonyl (C=O) groups excluding carboxylic acids is 1. The van der Waals surface area contributed by atoms with Gasteiger partial charge in [-0.05, 0) is 29.7 Å². The van der Waals surface area contributed by atoms with Crippen LogP contribution < -0.4 is 15.8 Å². The Labute approximate surface area is 100 Å². The van der Waals surface area contributed by atoms with Gasteiger partial charge >= 0.3 is 0 Å². The number of piperidine rings is 1. The van der Waals surface area contributed by atoms with Crippen molar-refractivity contribution in [2.75, 3.05) is 6.61 Å². The summed E-state index contributed by atoms with van der Waals surface area (Å²) in [6.45, 7) is 0.752. The summed E-state index contributed by atoms with van der Waals surface area (Å²) in [6.07, 6.45) is 2.23. The highest BCUT2D eigenvalue weighted by atomic mass is 16.5. The number of rotatable bonds is 1. The Morgan fingerprint density at radius 3 is 3.12 bits per heavy atom. The molecule has 1 aromatic rings. The monoisotopic (exact) mass is 232 g/mol. The molecule has 2 aliphatic rings. The minimum absolute atomic E-state index is 0.00747. The van der Waals surface area contributed by atoms with Gasteiger partial charge in [-0.15, -0.1) is 0 Å². The fourth-order valence-electron chi connectivity index (χ4n) is 2.55. The molecule has 0 spiro atoms. The minimum Gasteiger partial charge on any atom is -0.493 e. The summed E-state index contributed by atoms with van der Waals surface area (Å²) in [5.41, 5.74) is 8.38. The molecule has 2 atom stereocenters. The van der Waals surface area contributed by atoms with E-state index in [0.29, 0.717) is 6.42 Å². The van der Waals surface area contributed by atoms with Crippen LogP contribution in [-0.2, 0) is 11.2 Å². The number of hydrogen-bond donors (Lipinski definition) is 2. The Morgan fingerprint density at radius 1 is 1.35 bits per heavy atom. The number of ether oxygens (including phenoxy) is 1. The lowest BCUT2D eigenvalue weighted by atomic mass is 9.91. The first-order chi connectivity index (χ1) is 8.24. The van der Waals surface area contributed by atoms with Crippen LogP contribution in [0, 0.1) is 0 Å². The van der Waals surface area contributed by atoms with E-state index in [1.807, 2.05) is 12.1 Å². The second-order valence-corrected chi connectivity index (χ2v) is 4.71. The van der Waals surface area contributed by atoms with Gasteiger partial charge in [0.05, 0.1) is 12.6 Å². The molecular formula is C13H16N2O2. The molecule has 17 heavy (non-hydrogen) atoms. The second-order valence-electron chi connectivity index (χ2n) is 4.71. The number of carbonyl (C=O) groups is 1. The van der Waals surface area contributed by atoms with Gasteiger partial charge in [0.25, 0.3) is 0 Å². The standard InChI is InChI=1S/C13H16N2O2/c14-10-2-4-12(16)15-13(10)9-1-3-11-8(7-9)5-6-17-11/h1,3,7,10,13H,2,4-6,14H2,(H,15,16). The molecule has 0 saturated carbocycles. The van der Waals surface area contributed by atoms with Gasteiger partial charge < -0.3 is 15.8 Å². The maximum Gasteiger partial charge on any atom is 0.220 e. The number of amides is 1. The third-order valence-electron chi connectivity index (χ3n) is 3.52. The van der Waals surface area contributed by atoms with Crippen LogP contribution in [0.4, 0.5) is 0 Å². The Balaban J connectivity index is 1.90. The summed E-state index contributed by atoms with van der Waals surface area (Å²) in [4.78, 5) is 11.4. The van der Waals surface area contributed by atoms with Crippen LogP contribution in [0.25, 0.3) is 0 Å². The first-order valence-electron chi connectivity index (χ1n) is 6.04. The molecule has 90 valence electrons. The molecule has 1 saturated heterocycles. The number of fused-ring (bicyclic) bond motifs is 1. The van der Waals surface area contributed by atoms with Crippen LogP contribution >= 0.6 is 0 Å². The molecule has 0 bridgehead atoms. The van der Waals surface area contributed by atoms with Gasteiger partial charge in [0.2, 0.25) is 5.91 Å². The van der Waals surface area contributed by atoms with Crippen LogP contribution in [-0.4, -0.2) is 18.6 Å². The molecule has 2 heterocycles. The minimum atomic E-state index is -0.0536. The van der Waals surface area contributed by atoms with E-state index in [0.717, 1.165) is 30.8 Å². The van der Waals surface area contributed by atoms with E-state index in [1.165, 1.54) is 5.56 Å². The lowest BCUT2D eigenvalue weighted by molar-refractivity contribution is -0.123. The maximum absolute atomic E-state index is 11.4. The second kappa shape index (κ2) is 4.04. The number of benzene rings is 1. The zero-order valence-corrected chi connectivity index (χ0v) is 9.61. The van der Waals surface area contributed by atoms with Gasteiger partial charge in [-0.25, -0.2) is 0 Å². The predicted molar refractivity (Wildman–Crippen MR) is 63.7 cm³/mol. The molecule has 3 rings (SSSR count). The normalized spacial score (nSPS) is 27.2. The first-order valence-corrected chi connectivity index (χ1v) is 6.04. The zero-order valence-electron chi connectivity index (χ0n) is 9.61. The molecule has 3 N–H and O–H groups in total. The Kier molecular flexibility index (Phi) is 2.52. The highest BCUT2D eigenvalue weighted by molar-refractivity contribution is 5.77. The summed E-state index contributed by atoms with van der Waals surface area (Å²) in [5.74, 6) is 1.05.